The number of hydrogen-bond donors (Lipinski definition) is 1. The van der Waals surface area contributed by atoms with Crippen molar-refractivity contribution < 1.29 is 0 Å². The summed E-state index contributed by atoms with van der Waals surface area (Å²) in [7, 11) is 0. The number of nitrogens with zero attached hydrogens (tertiary/aromatic N) is 1. The zero-order chi connectivity index (χ0) is 11.8. The second kappa shape index (κ2) is 4.89. The molecule has 0 aromatic carbocycles. The van der Waals surface area contributed by atoms with Crippen molar-refractivity contribution in [2.24, 2.45) is 5.92 Å². The van der Waals surface area contributed by atoms with Crippen LogP contribution in [0, 0.1) is 5.92 Å². The first-order valence-corrected chi connectivity index (χ1v) is 7.80. The molecule has 2 aliphatic heterocycles. The number of fused-ring (bicyclic) bond motifs is 2. The average Bonchev–Trinajstić information content (AvgIpc) is 2.81. The summed E-state index contributed by atoms with van der Waals surface area (Å²) in [5.41, 5.74) is 0. The summed E-state index contributed by atoms with van der Waals surface area (Å²) in [5, 5.41) is 3.68. The topological polar surface area (TPSA) is 15.3 Å². The van der Waals surface area contributed by atoms with Crippen LogP contribution >= 0.6 is 0 Å². The maximum absolute atomic E-state index is 3.68. The van der Waals surface area contributed by atoms with Gasteiger partial charge < -0.3 is 5.32 Å². The molecule has 0 amide bonds. The quantitative estimate of drug-likeness (QED) is 0.810. The standard InChI is InChI=1S/C15H28N2/c1-3-16-12-9-13-7-8-14(10-12)17(13)15-6-4-5-11(15)2/h11-16H,3-10H2,1-2H3. The second-order valence-corrected chi connectivity index (χ2v) is 6.53. The van der Waals surface area contributed by atoms with E-state index >= 15 is 0 Å². The normalized spacial score (nSPS) is 46.6. The van der Waals surface area contributed by atoms with Gasteiger partial charge in [-0.2, -0.15) is 0 Å². The van der Waals surface area contributed by atoms with E-state index in [9.17, 15) is 0 Å². The molecule has 0 spiro atoms. The van der Waals surface area contributed by atoms with Crippen LogP contribution in [0.3, 0.4) is 0 Å². The van der Waals surface area contributed by atoms with Gasteiger partial charge >= 0.3 is 0 Å². The molecule has 0 radical (unpaired) electrons. The summed E-state index contributed by atoms with van der Waals surface area (Å²) < 4.78 is 0. The van der Waals surface area contributed by atoms with E-state index in [-0.39, 0.29) is 0 Å². The van der Waals surface area contributed by atoms with E-state index in [2.05, 4.69) is 24.1 Å². The van der Waals surface area contributed by atoms with Crippen molar-refractivity contribution in [1.82, 2.24) is 10.2 Å². The van der Waals surface area contributed by atoms with Crippen LogP contribution < -0.4 is 5.32 Å². The van der Waals surface area contributed by atoms with Crippen LogP contribution in [0.4, 0.5) is 0 Å². The number of rotatable bonds is 3. The third-order valence-electron chi connectivity index (χ3n) is 5.48. The van der Waals surface area contributed by atoms with Crippen molar-refractivity contribution in [3.63, 3.8) is 0 Å². The summed E-state index contributed by atoms with van der Waals surface area (Å²) in [4.78, 5) is 2.95. The Kier molecular flexibility index (Phi) is 3.45. The molecule has 2 nitrogen and oxygen atoms in total. The third kappa shape index (κ3) is 2.15. The van der Waals surface area contributed by atoms with E-state index in [1.807, 2.05) is 0 Å². The van der Waals surface area contributed by atoms with Crippen molar-refractivity contribution in [3.8, 4) is 0 Å². The summed E-state index contributed by atoms with van der Waals surface area (Å²) in [6, 6.07) is 3.55. The summed E-state index contributed by atoms with van der Waals surface area (Å²) >= 11 is 0. The van der Waals surface area contributed by atoms with Gasteiger partial charge in [-0.3, -0.25) is 4.90 Å². The largest absolute Gasteiger partial charge is 0.314 e. The van der Waals surface area contributed by atoms with Crippen LogP contribution in [0.2, 0.25) is 0 Å². The minimum absolute atomic E-state index is 0.811. The van der Waals surface area contributed by atoms with Crippen molar-refractivity contribution in [1.29, 1.82) is 0 Å². The molecule has 0 aromatic rings. The molecular weight excluding hydrogens is 208 g/mol. The minimum atomic E-state index is 0.811. The minimum Gasteiger partial charge on any atom is -0.314 e. The number of hydrogen-bond acceptors (Lipinski definition) is 2. The fourth-order valence-corrected chi connectivity index (χ4v) is 4.78. The van der Waals surface area contributed by atoms with Gasteiger partial charge in [-0.25, -0.2) is 0 Å². The van der Waals surface area contributed by atoms with E-state index in [1.54, 1.807) is 0 Å². The summed E-state index contributed by atoms with van der Waals surface area (Å²) in [5.74, 6) is 0.953. The molecule has 17 heavy (non-hydrogen) atoms. The van der Waals surface area contributed by atoms with Gasteiger partial charge in [0.1, 0.15) is 0 Å². The monoisotopic (exact) mass is 236 g/mol. The Labute approximate surface area is 106 Å². The molecule has 1 aliphatic carbocycles. The lowest BCUT2D eigenvalue weighted by molar-refractivity contribution is 0.0552. The average molecular weight is 236 g/mol. The number of nitrogens with one attached hydrogen (secondary N) is 1. The predicted octanol–water partition coefficient (Wildman–Crippen LogP) is 2.78. The molecule has 0 aromatic heterocycles. The fraction of sp³-hybridized carbons (Fsp3) is 1.00. The van der Waals surface area contributed by atoms with Crippen molar-refractivity contribution in [2.75, 3.05) is 6.54 Å². The van der Waals surface area contributed by atoms with E-state index in [4.69, 9.17) is 0 Å². The van der Waals surface area contributed by atoms with Gasteiger partial charge in [-0.15, -0.1) is 0 Å². The van der Waals surface area contributed by atoms with Crippen molar-refractivity contribution in [3.05, 3.63) is 0 Å². The zero-order valence-electron chi connectivity index (χ0n) is 11.5. The molecule has 4 unspecified atom stereocenters. The first kappa shape index (κ1) is 12.0. The fourth-order valence-electron chi connectivity index (χ4n) is 4.78. The third-order valence-corrected chi connectivity index (χ3v) is 5.48. The van der Waals surface area contributed by atoms with Crippen LogP contribution in [-0.2, 0) is 0 Å². The van der Waals surface area contributed by atoms with Crippen LogP contribution in [0.25, 0.3) is 0 Å². The van der Waals surface area contributed by atoms with Crippen LogP contribution in [0.5, 0.6) is 0 Å². The molecule has 3 aliphatic rings. The Bertz CT molecular complexity index is 252. The molecule has 2 saturated heterocycles. The Balaban J connectivity index is 1.68. The Morgan fingerprint density at radius 2 is 1.76 bits per heavy atom. The van der Waals surface area contributed by atoms with Crippen LogP contribution in [-0.4, -0.2) is 35.6 Å². The smallest absolute Gasteiger partial charge is 0.0127 e. The highest BCUT2D eigenvalue weighted by atomic mass is 15.3. The highest BCUT2D eigenvalue weighted by molar-refractivity contribution is 5.01. The highest BCUT2D eigenvalue weighted by Crippen LogP contribution is 2.42. The molecule has 4 atom stereocenters. The first-order valence-electron chi connectivity index (χ1n) is 7.80. The zero-order valence-corrected chi connectivity index (χ0v) is 11.5. The molecule has 2 heterocycles. The lowest BCUT2D eigenvalue weighted by Gasteiger charge is -2.44. The van der Waals surface area contributed by atoms with E-state index in [1.165, 1.54) is 44.9 Å². The Morgan fingerprint density at radius 1 is 1.06 bits per heavy atom. The highest BCUT2D eigenvalue weighted by Gasteiger charge is 2.45. The van der Waals surface area contributed by atoms with Gasteiger partial charge in [0.2, 0.25) is 0 Å². The molecule has 1 saturated carbocycles. The molecule has 98 valence electrons. The molecule has 2 bridgehead atoms. The molecular formula is C15H28N2. The van der Waals surface area contributed by atoms with Gasteiger partial charge in [0.25, 0.3) is 0 Å². The molecule has 1 N–H and O–H groups in total. The van der Waals surface area contributed by atoms with Gasteiger partial charge in [0.05, 0.1) is 0 Å². The van der Waals surface area contributed by atoms with Crippen molar-refractivity contribution >= 4 is 0 Å². The SMILES string of the molecule is CCNC1CC2CCC(C1)N2C1CCCC1C. The van der Waals surface area contributed by atoms with Gasteiger partial charge in [0.15, 0.2) is 0 Å². The van der Waals surface area contributed by atoms with E-state index in [0.717, 1.165) is 36.6 Å². The van der Waals surface area contributed by atoms with Crippen molar-refractivity contribution in [2.45, 2.75) is 83.0 Å². The van der Waals surface area contributed by atoms with Gasteiger partial charge in [-0.05, 0) is 51.0 Å². The maximum atomic E-state index is 3.68. The maximum Gasteiger partial charge on any atom is 0.0127 e. The Hall–Kier alpha value is -0.0800. The lowest BCUT2D eigenvalue weighted by Crippen LogP contribution is -2.53. The predicted molar refractivity (Wildman–Crippen MR) is 72.2 cm³/mol. The van der Waals surface area contributed by atoms with Gasteiger partial charge in [0, 0.05) is 24.2 Å². The first-order chi connectivity index (χ1) is 8.29. The van der Waals surface area contributed by atoms with E-state index in [0.29, 0.717) is 0 Å². The molecule has 3 fully saturated rings. The lowest BCUT2D eigenvalue weighted by atomic mass is 9.92. The summed E-state index contributed by atoms with van der Waals surface area (Å²) in [6.45, 7) is 5.87. The van der Waals surface area contributed by atoms with Gasteiger partial charge in [-0.1, -0.05) is 20.3 Å². The van der Waals surface area contributed by atoms with Crippen LogP contribution in [0.15, 0.2) is 0 Å². The summed E-state index contributed by atoms with van der Waals surface area (Å²) in [6.07, 6.45) is 10.2. The van der Waals surface area contributed by atoms with E-state index < -0.39 is 0 Å². The second-order valence-electron chi connectivity index (χ2n) is 6.53. The number of piperidine rings is 1. The molecule has 2 heteroatoms. The van der Waals surface area contributed by atoms with Crippen LogP contribution in [0.1, 0.15) is 58.8 Å². The molecule has 3 rings (SSSR count). The Morgan fingerprint density at radius 3 is 2.29 bits per heavy atom.